The molecule has 1 saturated heterocycles. The summed E-state index contributed by atoms with van der Waals surface area (Å²) in [6.07, 6.45) is 4.78. The maximum absolute atomic E-state index is 12.0. The zero-order valence-corrected chi connectivity index (χ0v) is 13.3. The van der Waals surface area contributed by atoms with Crippen LogP contribution < -0.4 is 0 Å². The molecule has 7 heteroatoms. The summed E-state index contributed by atoms with van der Waals surface area (Å²) in [6.45, 7) is 4.33. The molecule has 7 nitrogen and oxygen atoms in total. The van der Waals surface area contributed by atoms with E-state index in [0.717, 1.165) is 37.9 Å². The lowest BCUT2D eigenvalue weighted by molar-refractivity contribution is -0.154. The molecule has 0 spiro atoms. The molecule has 22 heavy (non-hydrogen) atoms. The number of hydrogen-bond donors (Lipinski definition) is 1. The van der Waals surface area contributed by atoms with E-state index in [-0.39, 0.29) is 12.5 Å². The highest BCUT2D eigenvalue weighted by Crippen LogP contribution is 2.15. The SMILES string of the molecule is CCc1nc([C@@H](C)OC(=O)CN2CCCCCCC2=O)n[nH]1. The average molecular weight is 308 g/mol. The lowest BCUT2D eigenvalue weighted by Gasteiger charge is -2.24. The molecule has 0 aliphatic carbocycles. The molecule has 0 aromatic carbocycles. The van der Waals surface area contributed by atoms with Crippen molar-refractivity contribution in [3.8, 4) is 0 Å². The number of aromatic nitrogens is 3. The topological polar surface area (TPSA) is 88.2 Å². The van der Waals surface area contributed by atoms with Gasteiger partial charge in [-0.05, 0) is 19.8 Å². The number of carbonyl (C=O) groups is 2. The second-order valence-corrected chi connectivity index (χ2v) is 5.61. The first kappa shape index (κ1) is 16.5. The van der Waals surface area contributed by atoms with Crippen molar-refractivity contribution in [1.29, 1.82) is 0 Å². The number of aromatic amines is 1. The van der Waals surface area contributed by atoms with Gasteiger partial charge in [0.15, 0.2) is 11.9 Å². The van der Waals surface area contributed by atoms with Gasteiger partial charge in [-0.25, -0.2) is 4.98 Å². The monoisotopic (exact) mass is 308 g/mol. The van der Waals surface area contributed by atoms with Crippen LogP contribution in [0.2, 0.25) is 0 Å². The van der Waals surface area contributed by atoms with Gasteiger partial charge in [0.1, 0.15) is 12.4 Å². The smallest absolute Gasteiger partial charge is 0.326 e. The van der Waals surface area contributed by atoms with Crippen LogP contribution in [0.1, 0.15) is 63.7 Å². The van der Waals surface area contributed by atoms with Crippen molar-refractivity contribution >= 4 is 11.9 Å². The molecule has 1 aliphatic rings. The second-order valence-electron chi connectivity index (χ2n) is 5.61. The summed E-state index contributed by atoms with van der Waals surface area (Å²) < 4.78 is 5.34. The highest BCUT2D eigenvalue weighted by Gasteiger charge is 2.22. The lowest BCUT2D eigenvalue weighted by Crippen LogP contribution is -2.38. The normalized spacial score (nSPS) is 17.7. The largest absolute Gasteiger partial charge is 0.453 e. The van der Waals surface area contributed by atoms with E-state index in [9.17, 15) is 9.59 Å². The third-order valence-electron chi connectivity index (χ3n) is 3.80. The third kappa shape index (κ3) is 4.54. The molecular formula is C15H24N4O3. The summed E-state index contributed by atoms with van der Waals surface area (Å²) in [7, 11) is 0. The van der Waals surface area contributed by atoms with E-state index >= 15 is 0 Å². The quantitative estimate of drug-likeness (QED) is 0.837. The summed E-state index contributed by atoms with van der Waals surface area (Å²) >= 11 is 0. The zero-order valence-electron chi connectivity index (χ0n) is 13.3. The van der Waals surface area contributed by atoms with Crippen molar-refractivity contribution in [2.24, 2.45) is 0 Å². The zero-order chi connectivity index (χ0) is 15.9. The molecule has 1 atom stereocenters. The van der Waals surface area contributed by atoms with Crippen molar-refractivity contribution < 1.29 is 14.3 Å². The summed E-state index contributed by atoms with van der Waals surface area (Å²) in [4.78, 5) is 29.9. The molecule has 1 aromatic rings. The number of carbonyl (C=O) groups excluding carboxylic acids is 2. The van der Waals surface area contributed by atoms with Crippen molar-refractivity contribution in [2.75, 3.05) is 13.1 Å². The Morgan fingerprint density at radius 1 is 1.36 bits per heavy atom. The Kier molecular flexibility index (Phi) is 5.91. The number of nitrogens with zero attached hydrogens (tertiary/aromatic N) is 3. The fourth-order valence-corrected chi connectivity index (χ4v) is 2.48. The van der Waals surface area contributed by atoms with E-state index in [0.29, 0.717) is 18.8 Å². The van der Waals surface area contributed by atoms with Crippen LogP contribution in [0.5, 0.6) is 0 Å². The van der Waals surface area contributed by atoms with E-state index in [2.05, 4.69) is 15.2 Å². The van der Waals surface area contributed by atoms with Crippen LogP contribution >= 0.6 is 0 Å². The standard InChI is InChI=1S/C15H24N4O3/c1-3-12-16-15(18-17-12)11(2)22-14(21)10-19-9-7-5-4-6-8-13(19)20/h11H,3-10H2,1-2H3,(H,16,17,18)/t11-/m1/s1. The number of rotatable bonds is 5. The summed E-state index contributed by atoms with van der Waals surface area (Å²) in [5, 5.41) is 6.83. The van der Waals surface area contributed by atoms with Gasteiger partial charge in [-0.2, -0.15) is 5.10 Å². The molecule has 0 saturated carbocycles. The van der Waals surface area contributed by atoms with Crippen LogP contribution in [0, 0.1) is 0 Å². The highest BCUT2D eigenvalue weighted by atomic mass is 16.5. The van der Waals surface area contributed by atoms with Gasteiger partial charge in [-0.15, -0.1) is 0 Å². The summed E-state index contributed by atoms with van der Waals surface area (Å²) in [6, 6.07) is 0. The molecule has 0 bridgehead atoms. The number of H-pyrrole nitrogens is 1. The van der Waals surface area contributed by atoms with E-state index in [1.54, 1.807) is 11.8 Å². The van der Waals surface area contributed by atoms with Crippen molar-refractivity contribution in [2.45, 2.75) is 58.5 Å². The van der Waals surface area contributed by atoms with Gasteiger partial charge in [-0.3, -0.25) is 14.7 Å². The molecule has 122 valence electrons. The van der Waals surface area contributed by atoms with Crippen LogP contribution in [0.25, 0.3) is 0 Å². The Balaban J connectivity index is 1.86. The molecule has 1 aliphatic heterocycles. The van der Waals surface area contributed by atoms with Crippen LogP contribution in [0.15, 0.2) is 0 Å². The highest BCUT2D eigenvalue weighted by molar-refractivity contribution is 5.82. The Bertz CT molecular complexity index is 515. The van der Waals surface area contributed by atoms with Gasteiger partial charge in [-0.1, -0.05) is 19.8 Å². The third-order valence-corrected chi connectivity index (χ3v) is 3.80. The van der Waals surface area contributed by atoms with E-state index in [1.165, 1.54) is 0 Å². The minimum absolute atomic E-state index is 0.00817. The molecule has 2 heterocycles. The molecular weight excluding hydrogens is 284 g/mol. The molecule has 0 radical (unpaired) electrons. The number of amides is 1. The Hall–Kier alpha value is -1.92. The fourth-order valence-electron chi connectivity index (χ4n) is 2.48. The summed E-state index contributed by atoms with van der Waals surface area (Å²) in [5.74, 6) is 0.848. The minimum atomic E-state index is -0.520. The first-order valence-corrected chi connectivity index (χ1v) is 7.98. The Morgan fingerprint density at radius 3 is 2.86 bits per heavy atom. The van der Waals surface area contributed by atoms with Crippen LogP contribution in [0.4, 0.5) is 0 Å². The second kappa shape index (κ2) is 7.91. The molecule has 1 amide bonds. The van der Waals surface area contributed by atoms with Gasteiger partial charge in [0.25, 0.3) is 0 Å². The molecule has 1 fully saturated rings. The van der Waals surface area contributed by atoms with Gasteiger partial charge in [0.2, 0.25) is 5.91 Å². The van der Waals surface area contributed by atoms with Crippen LogP contribution in [0.3, 0.4) is 0 Å². The predicted molar refractivity (Wildman–Crippen MR) is 79.9 cm³/mol. The van der Waals surface area contributed by atoms with Gasteiger partial charge in [0.05, 0.1) is 0 Å². The maximum atomic E-state index is 12.0. The first-order chi connectivity index (χ1) is 10.6. The number of hydrogen-bond acceptors (Lipinski definition) is 5. The van der Waals surface area contributed by atoms with E-state index < -0.39 is 12.1 Å². The first-order valence-electron chi connectivity index (χ1n) is 7.98. The predicted octanol–water partition coefficient (Wildman–Crippen LogP) is 1.76. The van der Waals surface area contributed by atoms with Gasteiger partial charge < -0.3 is 9.64 Å². The van der Waals surface area contributed by atoms with E-state index in [1.807, 2.05) is 6.92 Å². The number of aryl methyl sites for hydroxylation is 1. The Morgan fingerprint density at radius 2 is 2.14 bits per heavy atom. The lowest BCUT2D eigenvalue weighted by atomic mass is 10.1. The van der Waals surface area contributed by atoms with Crippen LogP contribution in [-0.4, -0.2) is 45.0 Å². The number of ether oxygens (including phenoxy) is 1. The van der Waals surface area contributed by atoms with Crippen LogP contribution in [-0.2, 0) is 20.7 Å². The molecule has 0 unspecified atom stereocenters. The van der Waals surface area contributed by atoms with Crippen molar-refractivity contribution in [1.82, 2.24) is 20.1 Å². The van der Waals surface area contributed by atoms with Gasteiger partial charge >= 0.3 is 5.97 Å². The average Bonchev–Trinajstić information content (AvgIpc) is 2.96. The maximum Gasteiger partial charge on any atom is 0.326 e. The number of esters is 1. The van der Waals surface area contributed by atoms with Crippen molar-refractivity contribution in [3.63, 3.8) is 0 Å². The van der Waals surface area contributed by atoms with Crippen molar-refractivity contribution in [3.05, 3.63) is 11.6 Å². The molecule has 2 rings (SSSR count). The minimum Gasteiger partial charge on any atom is -0.453 e. The number of likely N-dealkylation sites (tertiary alicyclic amines) is 1. The number of nitrogens with one attached hydrogen (secondary N) is 1. The molecule has 1 aromatic heterocycles. The van der Waals surface area contributed by atoms with Gasteiger partial charge in [0, 0.05) is 19.4 Å². The Labute approximate surface area is 130 Å². The van der Waals surface area contributed by atoms with E-state index in [4.69, 9.17) is 4.74 Å². The fraction of sp³-hybridized carbons (Fsp3) is 0.733. The summed E-state index contributed by atoms with van der Waals surface area (Å²) in [5.41, 5.74) is 0. The molecule has 1 N–H and O–H groups in total.